The lowest BCUT2D eigenvalue weighted by molar-refractivity contribution is -0.145. The van der Waals surface area contributed by atoms with Crippen LogP contribution in [0.1, 0.15) is 31.2 Å². The van der Waals surface area contributed by atoms with E-state index < -0.39 is 44.0 Å². The molecule has 0 bridgehead atoms. The van der Waals surface area contributed by atoms with Crippen molar-refractivity contribution in [2.75, 3.05) is 12.3 Å². The van der Waals surface area contributed by atoms with Crippen LogP contribution in [0.2, 0.25) is 0 Å². The number of halogens is 1. The lowest BCUT2D eigenvalue weighted by Gasteiger charge is -2.31. The van der Waals surface area contributed by atoms with Crippen LogP contribution in [0.5, 0.6) is 0 Å². The molecule has 2 unspecified atom stereocenters. The van der Waals surface area contributed by atoms with Crippen LogP contribution < -0.4 is 5.73 Å². The predicted molar refractivity (Wildman–Crippen MR) is 112 cm³/mol. The molecule has 0 spiro atoms. The van der Waals surface area contributed by atoms with Gasteiger partial charge in [-0.25, -0.2) is 18.9 Å². The number of nitrogen functional groups attached to an aromatic ring is 1. The topological polar surface area (TPSA) is 151 Å². The molecule has 6 atom stereocenters. The van der Waals surface area contributed by atoms with Gasteiger partial charge in [0.1, 0.15) is 35.3 Å². The van der Waals surface area contributed by atoms with Crippen molar-refractivity contribution in [1.82, 2.24) is 14.5 Å². The second-order valence-corrected chi connectivity index (χ2v) is 9.64. The number of ether oxygens (including phenoxy) is 1. The fourth-order valence-electron chi connectivity index (χ4n) is 4.00. The van der Waals surface area contributed by atoms with Crippen LogP contribution in [0.4, 0.5) is 10.2 Å². The van der Waals surface area contributed by atoms with E-state index in [4.69, 9.17) is 24.0 Å². The van der Waals surface area contributed by atoms with Gasteiger partial charge in [0.15, 0.2) is 6.23 Å². The normalized spacial score (nSPS) is 34.7. The summed E-state index contributed by atoms with van der Waals surface area (Å²) in [6.45, 7) is 1.36. The molecule has 176 valence electrons. The minimum Gasteiger partial charge on any atom is -0.385 e. The Balaban J connectivity index is 1.38. The van der Waals surface area contributed by atoms with E-state index in [9.17, 15) is 19.2 Å². The van der Waals surface area contributed by atoms with E-state index >= 15 is 0 Å². The summed E-state index contributed by atoms with van der Waals surface area (Å²) in [5.74, 6) is -0.225. The Morgan fingerprint density at radius 1 is 1.36 bits per heavy atom. The Labute approximate surface area is 187 Å². The van der Waals surface area contributed by atoms with Crippen LogP contribution in [0, 0.1) is 5.82 Å². The summed E-state index contributed by atoms with van der Waals surface area (Å²) >= 11 is 0. The first-order chi connectivity index (χ1) is 15.7. The van der Waals surface area contributed by atoms with Gasteiger partial charge in [0, 0.05) is 12.6 Å². The van der Waals surface area contributed by atoms with Gasteiger partial charge in [-0.1, -0.05) is 12.1 Å². The van der Waals surface area contributed by atoms with Crippen molar-refractivity contribution in [2.45, 2.75) is 43.7 Å². The van der Waals surface area contributed by atoms with Crippen molar-refractivity contribution >= 4 is 24.7 Å². The van der Waals surface area contributed by atoms with Gasteiger partial charge in [-0.2, -0.15) is 0 Å². The summed E-state index contributed by atoms with van der Waals surface area (Å²) in [5, 5.41) is 22.3. The Morgan fingerprint density at radius 2 is 2.18 bits per heavy atom. The molecular formula is C20H22FN4O7P. The number of aliphatic hydroxyl groups excluding tert-OH is 1. The van der Waals surface area contributed by atoms with Crippen LogP contribution in [0.3, 0.4) is 0 Å². The number of nitrogens with zero attached hydrogens (tertiary/aromatic N) is 3. The molecule has 2 saturated heterocycles. The maximum absolute atomic E-state index is 13.6. The van der Waals surface area contributed by atoms with Crippen molar-refractivity contribution < 1.29 is 37.5 Å². The molecule has 2 aliphatic heterocycles. The van der Waals surface area contributed by atoms with Crippen LogP contribution in [-0.4, -0.2) is 49.4 Å². The standard InChI is InChI=1S/C20H22FN4O7P/c1-20(27)15(26)18(30-19(20)25-7-5-13-16(22)23-10-24-17(13)25)32-33(28)29-8-6-14(31-33)11-3-2-4-12(21)9-11/h2-5,7,9-10,14-15,18-19,26-27H,6,8H2,1H3,(H2,22,23,24)/t14-,15+,18?,19+,20+,33?/m0/s1. The molecule has 13 heteroatoms. The number of aliphatic hydroxyl groups is 2. The summed E-state index contributed by atoms with van der Waals surface area (Å²) in [7, 11) is -4.23. The molecule has 2 aromatic heterocycles. The second kappa shape index (κ2) is 8.10. The molecule has 33 heavy (non-hydrogen) atoms. The number of hydrogen-bond acceptors (Lipinski definition) is 10. The van der Waals surface area contributed by atoms with E-state index in [2.05, 4.69) is 9.97 Å². The van der Waals surface area contributed by atoms with Crippen LogP contribution in [0.25, 0.3) is 11.0 Å². The molecule has 2 fully saturated rings. The number of rotatable bonds is 4. The maximum Gasteiger partial charge on any atom is 0.477 e. The molecule has 0 radical (unpaired) electrons. The highest BCUT2D eigenvalue weighted by Crippen LogP contribution is 2.59. The molecule has 1 aromatic carbocycles. The molecule has 0 aliphatic carbocycles. The second-order valence-electron chi connectivity index (χ2n) is 8.07. The minimum absolute atomic E-state index is 0.0134. The number of nitrogens with two attached hydrogens (primary N) is 1. The Hall–Kier alpha value is -2.44. The van der Waals surface area contributed by atoms with Crippen molar-refractivity contribution in [3.05, 3.63) is 54.2 Å². The van der Waals surface area contributed by atoms with Crippen molar-refractivity contribution in [3.63, 3.8) is 0 Å². The van der Waals surface area contributed by atoms with Crippen molar-refractivity contribution in [3.8, 4) is 0 Å². The third-order valence-electron chi connectivity index (χ3n) is 5.75. The van der Waals surface area contributed by atoms with Crippen LogP contribution in [0.15, 0.2) is 42.9 Å². The Bertz CT molecular complexity index is 1240. The van der Waals surface area contributed by atoms with Gasteiger partial charge >= 0.3 is 7.82 Å². The first-order valence-electron chi connectivity index (χ1n) is 10.2. The van der Waals surface area contributed by atoms with Gasteiger partial charge in [-0.15, -0.1) is 0 Å². The maximum atomic E-state index is 13.6. The van der Waals surface area contributed by atoms with Gasteiger partial charge in [0.05, 0.1) is 18.1 Å². The monoisotopic (exact) mass is 480 g/mol. The van der Waals surface area contributed by atoms with E-state index in [1.54, 1.807) is 18.3 Å². The fourth-order valence-corrected chi connectivity index (χ4v) is 5.46. The summed E-state index contributed by atoms with van der Waals surface area (Å²) < 4.78 is 50.2. The van der Waals surface area contributed by atoms with E-state index in [0.29, 0.717) is 23.0 Å². The smallest absolute Gasteiger partial charge is 0.385 e. The zero-order valence-corrected chi connectivity index (χ0v) is 18.3. The lowest BCUT2D eigenvalue weighted by Crippen LogP contribution is -2.44. The molecule has 4 heterocycles. The number of benzene rings is 1. The molecule has 4 N–H and O–H groups in total. The molecule has 2 aliphatic rings. The third-order valence-corrected chi connectivity index (χ3v) is 7.23. The highest BCUT2D eigenvalue weighted by Gasteiger charge is 2.56. The Kier molecular flexibility index (Phi) is 5.49. The van der Waals surface area contributed by atoms with Gasteiger partial charge in [0.25, 0.3) is 0 Å². The zero-order valence-electron chi connectivity index (χ0n) is 17.4. The van der Waals surface area contributed by atoms with Gasteiger partial charge < -0.3 is 25.3 Å². The molecule has 0 saturated carbocycles. The SMILES string of the molecule is C[C@@]1(O)[C@H](O)C(OP2(=O)OCC[C@@H](c3cccc(F)c3)O2)O[C@H]1n1ccc2c(N)ncnc21. The summed E-state index contributed by atoms with van der Waals surface area (Å²) in [6, 6.07) is 7.35. The zero-order chi connectivity index (χ0) is 23.4. The fraction of sp³-hybridized carbons (Fsp3) is 0.400. The minimum atomic E-state index is -4.23. The van der Waals surface area contributed by atoms with E-state index in [-0.39, 0.29) is 12.4 Å². The summed E-state index contributed by atoms with van der Waals surface area (Å²) in [4.78, 5) is 8.09. The number of hydrogen-bond donors (Lipinski definition) is 3. The molecule has 0 amide bonds. The largest absolute Gasteiger partial charge is 0.477 e. The van der Waals surface area contributed by atoms with E-state index in [1.165, 1.54) is 36.0 Å². The van der Waals surface area contributed by atoms with Crippen LogP contribution >= 0.6 is 7.82 Å². The van der Waals surface area contributed by atoms with E-state index in [1.807, 2.05) is 0 Å². The summed E-state index contributed by atoms with van der Waals surface area (Å²) in [5.41, 5.74) is 4.83. The van der Waals surface area contributed by atoms with E-state index in [0.717, 1.165) is 0 Å². The molecular weight excluding hydrogens is 458 g/mol. The Morgan fingerprint density at radius 3 is 2.97 bits per heavy atom. The lowest BCUT2D eigenvalue weighted by atomic mass is 9.99. The first-order valence-corrected chi connectivity index (χ1v) is 11.6. The van der Waals surface area contributed by atoms with Gasteiger partial charge in [-0.3, -0.25) is 13.6 Å². The van der Waals surface area contributed by atoms with Gasteiger partial charge in [-0.05, 0) is 30.7 Å². The highest BCUT2D eigenvalue weighted by molar-refractivity contribution is 7.48. The highest BCUT2D eigenvalue weighted by atomic mass is 31.2. The molecule has 11 nitrogen and oxygen atoms in total. The number of aromatic nitrogens is 3. The average Bonchev–Trinajstić information content (AvgIpc) is 3.29. The van der Waals surface area contributed by atoms with Crippen molar-refractivity contribution in [2.24, 2.45) is 0 Å². The van der Waals surface area contributed by atoms with Crippen molar-refractivity contribution in [1.29, 1.82) is 0 Å². The number of anilines is 1. The first kappa shape index (κ1) is 22.4. The number of phosphoric acid groups is 1. The average molecular weight is 480 g/mol. The third kappa shape index (κ3) is 3.93. The molecule has 3 aromatic rings. The predicted octanol–water partition coefficient (Wildman–Crippen LogP) is 2.42. The quantitative estimate of drug-likeness (QED) is 0.475. The van der Waals surface area contributed by atoms with Crippen LogP contribution in [-0.2, 0) is 22.9 Å². The van der Waals surface area contributed by atoms with Gasteiger partial charge in [0.2, 0.25) is 6.29 Å². The summed E-state index contributed by atoms with van der Waals surface area (Å²) in [6.07, 6.45) is -1.94. The molecule has 5 rings (SSSR count). The number of phosphoric ester groups is 1. The number of fused-ring (bicyclic) bond motifs is 1.